The Hall–Kier alpha value is -3.80. The van der Waals surface area contributed by atoms with Crippen molar-refractivity contribution < 1.29 is 19.2 Å². The van der Waals surface area contributed by atoms with Crippen molar-refractivity contribution in [3.8, 4) is 0 Å². The highest BCUT2D eigenvalue weighted by molar-refractivity contribution is 5.95. The van der Waals surface area contributed by atoms with Crippen LogP contribution in [0.25, 0.3) is 0 Å². The minimum atomic E-state index is -0.969. The second-order valence-corrected chi connectivity index (χ2v) is 13.9. The van der Waals surface area contributed by atoms with Gasteiger partial charge in [0.25, 0.3) is 0 Å². The normalized spacial score (nSPS) is 21.1. The van der Waals surface area contributed by atoms with Gasteiger partial charge in [0.15, 0.2) is 0 Å². The third-order valence-corrected chi connectivity index (χ3v) is 9.52. The lowest BCUT2D eigenvalue weighted by molar-refractivity contribution is -0.134. The molecule has 0 aromatic heterocycles. The number of benzene rings is 2. The fraction of sp³-hybridized carbons (Fsp3) is 0.568. The Morgan fingerprint density at radius 2 is 1.27 bits per heavy atom. The van der Waals surface area contributed by atoms with Crippen LogP contribution in [0.3, 0.4) is 0 Å². The minimum absolute atomic E-state index is 0.0670. The zero-order valence-corrected chi connectivity index (χ0v) is 28.5. The van der Waals surface area contributed by atoms with Gasteiger partial charge in [-0.3, -0.25) is 19.2 Å². The first-order valence-electron chi connectivity index (χ1n) is 17.6. The number of carbonyl (C=O) groups is 4. The van der Waals surface area contributed by atoms with Gasteiger partial charge in [-0.15, -0.1) is 0 Å². The van der Waals surface area contributed by atoms with Gasteiger partial charge in [-0.25, -0.2) is 0 Å². The number of piperidine rings is 1. The molecule has 6 atom stereocenters. The Morgan fingerprint density at radius 3 is 1.85 bits per heavy atom. The van der Waals surface area contributed by atoms with Crippen molar-refractivity contribution in [1.29, 1.82) is 0 Å². The van der Waals surface area contributed by atoms with Crippen LogP contribution in [0.5, 0.6) is 0 Å². The van der Waals surface area contributed by atoms with Crippen molar-refractivity contribution in [2.24, 2.45) is 29.2 Å². The smallest absolute Gasteiger partial charge is 0.243 e. The number of fused-ring (bicyclic) bond motifs is 2. The van der Waals surface area contributed by atoms with E-state index in [1.54, 1.807) is 0 Å². The molecule has 1 aliphatic heterocycles. The van der Waals surface area contributed by atoms with Crippen molar-refractivity contribution in [3.63, 3.8) is 0 Å². The summed E-state index contributed by atoms with van der Waals surface area (Å²) in [6.45, 7) is 6.20. The number of nitrogens with one attached hydrogen (secondary N) is 5. The van der Waals surface area contributed by atoms with Gasteiger partial charge < -0.3 is 38.1 Å². The highest BCUT2D eigenvalue weighted by atomic mass is 16.2. The lowest BCUT2D eigenvalue weighted by Crippen LogP contribution is -2.60. The third kappa shape index (κ3) is 11.1. The molecule has 2 bridgehead atoms. The van der Waals surface area contributed by atoms with E-state index < -0.39 is 41.9 Å². The summed E-state index contributed by atoms with van der Waals surface area (Å²) in [6, 6.07) is 15.4. The topological polar surface area (TPSA) is 180 Å². The van der Waals surface area contributed by atoms with Crippen LogP contribution in [0, 0.1) is 17.8 Å². The van der Waals surface area contributed by atoms with E-state index >= 15 is 0 Å². The van der Waals surface area contributed by atoms with Crippen LogP contribution in [-0.2, 0) is 32.0 Å². The molecule has 6 unspecified atom stereocenters. The first-order chi connectivity index (χ1) is 23.1. The standard InChI is InChI=1S/C37H55N7O4/c1-24(2)19-31(36(47)41-30(15-9-10-18-38)35(46)44-33-27-16-17-28(33)23-40-22-27)43-37(48)32(21-26-13-7-4-8-14-26)42-34(45)29(39)20-25-11-5-3-6-12-25/h3-8,11-14,24,27-33,40H,9-10,15-23,38-39H2,1-2H3,(H,41,47)(H,42,45)(H,43,48)(H,44,46). The molecular formula is C37H55N7O4. The Morgan fingerprint density at radius 1 is 0.729 bits per heavy atom. The number of unbranched alkanes of at least 4 members (excludes halogenated alkanes) is 1. The molecule has 48 heavy (non-hydrogen) atoms. The van der Waals surface area contributed by atoms with Gasteiger partial charge in [-0.05, 0) is 93.5 Å². The van der Waals surface area contributed by atoms with Crippen molar-refractivity contribution in [3.05, 3.63) is 71.8 Å². The highest BCUT2D eigenvalue weighted by Crippen LogP contribution is 2.33. The Kier molecular flexibility index (Phi) is 14.4. The second kappa shape index (κ2) is 18.7. The molecule has 9 N–H and O–H groups in total. The van der Waals surface area contributed by atoms with E-state index in [1.807, 2.05) is 74.5 Å². The van der Waals surface area contributed by atoms with Crippen LogP contribution in [0.1, 0.15) is 63.5 Å². The van der Waals surface area contributed by atoms with Crippen LogP contribution in [0.2, 0.25) is 0 Å². The zero-order chi connectivity index (χ0) is 34.5. The van der Waals surface area contributed by atoms with Crippen LogP contribution in [0.15, 0.2) is 60.7 Å². The molecule has 4 rings (SSSR count). The van der Waals surface area contributed by atoms with Gasteiger partial charge in [0.05, 0.1) is 6.04 Å². The molecule has 0 spiro atoms. The Balaban J connectivity index is 1.46. The summed E-state index contributed by atoms with van der Waals surface area (Å²) in [5.41, 5.74) is 13.8. The summed E-state index contributed by atoms with van der Waals surface area (Å²) in [4.78, 5) is 54.6. The van der Waals surface area contributed by atoms with Gasteiger partial charge in [-0.2, -0.15) is 0 Å². The maximum absolute atomic E-state index is 13.9. The van der Waals surface area contributed by atoms with Gasteiger partial charge in [0.2, 0.25) is 23.6 Å². The van der Waals surface area contributed by atoms with Crippen molar-refractivity contribution in [2.75, 3.05) is 19.6 Å². The van der Waals surface area contributed by atoms with Crippen molar-refractivity contribution >= 4 is 23.6 Å². The number of carbonyl (C=O) groups excluding carboxylic acids is 4. The molecule has 2 aromatic carbocycles. The molecular weight excluding hydrogens is 606 g/mol. The molecule has 1 heterocycles. The highest BCUT2D eigenvalue weighted by Gasteiger charge is 2.41. The molecule has 2 aromatic rings. The number of hydrogen-bond acceptors (Lipinski definition) is 7. The fourth-order valence-corrected chi connectivity index (χ4v) is 6.89. The number of amides is 4. The zero-order valence-electron chi connectivity index (χ0n) is 28.5. The van der Waals surface area contributed by atoms with E-state index in [0.717, 1.165) is 43.5 Å². The minimum Gasteiger partial charge on any atom is -0.351 e. The Bertz CT molecular complexity index is 1310. The van der Waals surface area contributed by atoms with Gasteiger partial charge in [0, 0.05) is 12.5 Å². The third-order valence-electron chi connectivity index (χ3n) is 9.52. The lowest BCUT2D eigenvalue weighted by Gasteiger charge is -2.33. The summed E-state index contributed by atoms with van der Waals surface area (Å²) in [5, 5.41) is 15.4. The maximum atomic E-state index is 13.9. The van der Waals surface area contributed by atoms with E-state index in [9.17, 15) is 19.2 Å². The summed E-state index contributed by atoms with van der Waals surface area (Å²) < 4.78 is 0. The SMILES string of the molecule is CC(C)CC(NC(=O)C(Cc1ccccc1)NC(=O)C(N)Cc1ccccc1)C(=O)NC(CCCCN)C(=O)NC1C2CCC1CNC2. The molecule has 0 radical (unpaired) electrons. The van der Waals surface area contributed by atoms with Crippen LogP contribution in [-0.4, -0.2) is 73.5 Å². The molecule has 1 saturated heterocycles. The van der Waals surface area contributed by atoms with E-state index in [2.05, 4.69) is 26.6 Å². The summed E-state index contributed by atoms with van der Waals surface area (Å²) >= 11 is 0. The average Bonchev–Trinajstić information content (AvgIpc) is 3.27. The van der Waals surface area contributed by atoms with E-state index in [4.69, 9.17) is 11.5 Å². The van der Waals surface area contributed by atoms with E-state index in [-0.39, 0.29) is 24.3 Å². The van der Waals surface area contributed by atoms with Crippen molar-refractivity contribution in [1.82, 2.24) is 26.6 Å². The monoisotopic (exact) mass is 661 g/mol. The van der Waals surface area contributed by atoms with E-state index in [0.29, 0.717) is 44.1 Å². The lowest BCUT2D eigenvalue weighted by atomic mass is 9.93. The number of nitrogens with two attached hydrogens (primary N) is 2. The first kappa shape index (κ1) is 37.0. The number of hydrogen-bond donors (Lipinski definition) is 7. The largest absolute Gasteiger partial charge is 0.351 e. The number of rotatable bonds is 18. The average molecular weight is 662 g/mol. The van der Waals surface area contributed by atoms with Gasteiger partial charge >= 0.3 is 0 Å². The molecule has 2 aliphatic rings. The molecule has 2 fully saturated rings. The predicted molar refractivity (Wildman–Crippen MR) is 187 cm³/mol. The molecule has 1 saturated carbocycles. The first-order valence-corrected chi connectivity index (χ1v) is 17.6. The second-order valence-electron chi connectivity index (χ2n) is 13.9. The summed E-state index contributed by atoms with van der Waals surface area (Å²) in [6.07, 6.45) is 4.91. The molecule has 1 aliphatic carbocycles. The van der Waals surface area contributed by atoms with Gasteiger partial charge in [-0.1, -0.05) is 74.5 Å². The maximum Gasteiger partial charge on any atom is 0.243 e. The van der Waals surface area contributed by atoms with Gasteiger partial charge in [0.1, 0.15) is 18.1 Å². The van der Waals surface area contributed by atoms with Crippen LogP contribution in [0.4, 0.5) is 0 Å². The molecule has 4 amide bonds. The molecule has 11 heteroatoms. The molecule has 11 nitrogen and oxygen atoms in total. The fourth-order valence-electron chi connectivity index (χ4n) is 6.89. The summed E-state index contributed by atoms with van der Waals surface area (Å²) in [7, 11) is 0. The Labute approximate surface area is 285 Å². The van der Waals surface area contributed by atoms with Crippen LogP contribution < -0.4 is 38.1 Å². The van der Waals surface area contributed by atoms with Crippen molar-refractivity contribution in [2.45, 2.75) is 95.4 Å². The summed E-state index contributed by atoms with van der Waals surface area (Å²) in [5.74, 6) is -0.725. The van der Waals surface area contributed by atoms with Crippen LogP contribution >= 0.6 is 0 Å². The predicted octanol–water partition coefficient (Wildman–Crippen LogP) is 1.54. The molecule has 262 valence electrons. The van der Waals surface area contributed by atoms with E-state index in [1.165, 1.54) is 0 Å². The quantitative estimate of drug-likeness (QED) is 0.118.